The summed E-state index contributed by atoms with van der Waals surface area (Å²) in [5.41, 5.74) is 1.95. The molecule has 23 heavy (non-hydrogen) atoms. The van der Waals surface area contributed by atoms with Crippen molar-refractivity contribution in [1.82, 2.24) is 10.3 Å². The molecule has 5 nitrogen and oxygen atoms in total. The minimum Gasteiger partial charge on any atom is -0.348 e. The van der Waals surface area contributed by atoms with Crippen LogP contribution in [0.15, 0.2) is 36.4 Å². The fourth-order valence-corrected chi connectivity index (χ4v) is 2.26. The van der Waals surface area contributed by atoms with Crippen LogP contribution in [0.3, 0.4) is 0 Å². The van der Waals surface area contributed by atoms with Gasteiger partial charge in [0.1, 0.15) is 11.4 Å². The average molecular weight is 330 g/mol. The zero-order chi connectivity index (χ0) is 16.4. The number of aryl methyl sites for hydroxylation is 1. The highest BCUT2D eigenvalue weighted by atomic mass is 35.5. The molecule has 2 aromatic rings. The molecule has 3 rings (SSSR count). The highest BCUT2D eigenvalue weighted by molar-refractivity contribution is 6.31. The molecule has 1 fully saturated rings. The lowest BCUT2D eigenvalue weighted by molar-refractivity contribution is 0.0946. The van der Waals surface area contributed by atoms with Crippen LogP contribution in [-0.2, 0) is 0 Å². The van der Waals surface area contributed by atoms with Gasteiger partial charge in [-0.1, -0.05) is 23.7 Å². The number of halogens is 1. The first-order chi connectivity index (χ1) is 11.0. The Morgan fingerprint density at radius 3 is 2.52 bits per heavy atom. The molecular weight excluding hydrogens is 314 g/mol. The zero-order valence-corrected chi connectivity index (χ0v) is 13.4. The van der Waals surface area contributed by atoms with E-state index in [0.717, 1.165) is 18.4 Å². The van der Waals surface area contributed by atoms with Crippen molar-refractivity contribution >= 4 is 29.1 Å². The number of hydrogen-bond donors (Lipinski definition) is 2. The number of carbonyl (C=O) groups excluding carboxylic acids is 2. The highest BCUT2D eigenvalue weighted by Gasteiger charge is 2.24. The molecule has 0 aliphatic heterocycles. The van der Waals surface area contributed by atoms with Gasteiger partial charge in [-0.3, -0.25) is 9.59 Å². The van der Waals surface area contributed by atoms with E-state index in [1.54, 1.807) is 30.3 Å². The monoisotopic (exact) mass is 329 g/mol. The second kappa shape index (κ2) is 6.38. The third-order valence-corrected chi connectivity index (χ3v) is 3.81. The first-order valence-corrected chi connectivity index (χ1v) is 7.76. The molecule has 1 aliphatic carbocycles. The molecule has 2 N–H and O–H groups in total. The number of pyridine rings is 1. The summed E-state index contributed by atoms with van der Waals surface area (Å²) < 4.78 is 0. The smallest absolute Gasteiger partial charge is 0.274 e. The summed E-state index contributed by atoms with van der Waals surface area (Å²) in [4.78, 5) is 28.5. The number of nitrogens with one attached hydrogen (secondary N) is 2. The summed E-state index contributed by atoms with van der Waals surface area (Å²) >= 11 is 5.95. The maximum atomic E-state index is 12.3. The van der Waals surface area contributed by atoms with Crippen molar-refractivity contribution in [3.63, 3.8) is 0 Å². The van der Waals surface area contributed by atoms with E-state index in [1.165, 1.54) is 0 Å². The predicted molar refractivity (Wildman–Crippen MR) is 88.9 cm³/mol. The van der Waals surface area contributed by atoms with E-state index < -0.39 is 0 Å². The SMILES string of the molecule is Cc1ccc(Cl)cc1NC(=O)c1cccc(C(=O)NC2CC2)n1. The molecule has 6 heteroatoms. The molecule has 1 aromatic carbocycles. The number of hydrogen-bond acceptors (Lipinski definition) is 3. The van der Waals surface area contributed by atoms with Crippen LogP contribution < -0.4 is 10.6 Å². The lowest BCUT2D eigenvalue weighted by Crippen LogP contribution is -2.27. The van der Waals surface area contributed by atoms with Crippen LogP contribution in [0.4, 0.5) is 5.69 Å². The van der Waals surface area contributed by atoms with Crippen LogP contribution in [0.2, 0.25) is 5.02 Å². The summed E-state index contributed by atoms with van der Waals surface area (Å²) in [5.74, 6) is -0.627. The first-order valence-electron chi connectivity index (χ1n) is 7.38. The Labute approximate surface area is 139 Å². The maximum absolute atomic E-state index is 12.3. The van der Waals surface area contributed by atoms with Crippen molar-refractivity contribution in [3.8, 4) is 0 Å². The third-order valence-electron chi connectivity index (χ3n) is 3.57. The van der Waals surface area contributed by atoms with Crippen molar-refractivity contribution in [2.45, 2.75) is 25.8 Å². The summed E-state index contributed by atoms with van der Waals surface area (Å²) in [6, 6.07) is 10.3. The van der Waals surface area contributed by atoms with Gasteiger partial charge in [-0.05, 0) is 49.6 Å². The third kappa shape index (κ3) is 3.87. The number of amides is 2. The van der Waals surface area contributed by atoms with Crippen molar-refractivity contribution in [2.75, 3.05) is 5.32 Å². The first kappa shape index (κ1) is 15.5. The van der Waals surface area contributed by atoms with Crippen LogP contribution in [0.25, 0.3) is 0 Å². The molecule has 0 unspecified atom stereocenters. The highest BCUT2D eigenvalue weighted by Crippen LogP contribution is 2.21. The van der Waals surface area contributed by atoms with E-state index in [9.17, 15) is 9.59 Å². The molecule has 1 aromatic heterocycles. The number of nitrogens with zero attached hydrogens (tertiary/aromatic N) is 1. The Morgan fingerprint density at radius 1 is 1.13 bits per heavy atom. The molecule has 1 heterocycles. The van der Waals surface area contributed by atoms with Crippen molar-refractivity contribution in [1.29, 1.82) is 0 Å². The van der Waals surface area contributed by atoms with Crippen LogP contribution in [0, 0.1) is 6.92 Å². The van der Waals surface area contributed by atoms with E-state index in [4.69, 9.17) is 11.6 Å². The van der Waals surface area contributed by atoms with Crippen molar-refractivity contribution < 1.29 is 9.59 Å². The average Bonchev–Trinajstić information content (AvgIpc) is 3.35. The molecule has 0 bridgehead atoms. The number of aromatic nitrogens is 1. The Hall–Kier alpha value is -2.40. The predicted octanol–water partition coefficient (Wildman–Crippen LogP) is 3.19. The molecule has 118 valence electrons. The molecule has 1 aliphatic rings. The second-order valence-electron chi connectivity index (χ2n) is 5.57. The standard InChI is InChI=1S/C17H16ClN3O2/c1-10-5-6-11(18)9-15(10)21-17(23)14-4-2-3-13(20-14)16(22)19-12-7-8-12/h2-6,9,12H,7-8H2,1H3,(H,19,22)(H,21,23). The summed E-state index contributed by atoms with van der Waals surface area (Å²) in [7, 11) is 0. The van der Waals surface area contributed by atoms with Crippen LogP contribution in [0.1, 0.15) is 39.4 Å². The van der Waals surface area contributed by atoms with Gasteiger partial charge in [-0.15, -0.1) is 0 Å². The molecule has 0 spiro atoms. The van der Waals surface area contributed by atoms with Crippen LogP contribution in [0.5, 0.6) is 0 Å². The Bertz CT molecular complexity index is 772. The van der Waals surface area contributed by atoms with E-state index in [0.29, 0.717) is 10.7 Å². The number of rotatable bonds is 4. The van der Waals surface area contributed by atoms with Crippen LogP contribution in [-0.4, -0.2) is 22.8 Å². The van der Waals surface area contributed by atoms with Crippen molar-refractivity contribution in [2.24, 2.45) is 0 Å². The second-order valence-corrected chi connectivity index (χ2v) is 6.01. The lowest BCUT2D eigenvalue weighted by atomic mass is 10.2. The van der Waals surface area contributed by atoms with E-state index in [1.807, 2.05) is 13.0 Å². The number of anilines is 1. The lowest BCUT2D eigenvalue weighted by Gasteiger charge is -2.09. The summed E-state index contributed by atoms with van der Waals surface area (Å²) in [6.07, 6.45) is 2.00. The quantitative estimate of drug-likeness (QED) is 0.905. The minimum absolute atomic E-state index is 0.188. The summed E-state index contributed by atoms with van der Waals surface area (Å²) in [5, 5.41) is 6.16. The molecule has 1 saturated carbocycles. The summed E-state index contributed by atoms with van der Waals surface area (Å²) in [6.45, 7) is 1.87. The van der Waals surface area contributed by atoms with Gasteiger partial charge in [0.2, 0.25) is 0 Å². The fraction of sp³-hybridized carbons (Fsp3) is 0.235. The Morgan fingerprint density at radius 2 is 1.83 bits per heavy atom. The van der Waals surface area contributed by atoms with E-state index in [-0.39, 0.29) is 29.2 Å². The molecular formula is C17H16ClN3O2. The van der Waals surface area contributed by atoms with Gasteiger partial charge in [0.25, 0.3) is 11.8 Å². The molecule has 0 saturated heterocycles. The van der Waals surface area contributed by atoms with Gasteiger partial charge in [-0.25, -0.2) is 4.98 Å². The Kier molecular flexibility index (Phi) is 4.30. The van der Waals surface area contributed by atoms with Gasteiger partial charge in [0.15, 0.2) is 0 Å². The zero-order valence-electron chi connectivity index (χ0n) is 12.6. The van der Waals surface area contributed by atoms with Gasteiger partial charge in [0, 0.05) is 16.8 Å². The molecule has 2 amide bonds. The normalized spacial score (nSPS) is 13.5. The maximum Gasteiger partial charge on any atom is 0.274 e. The van der Waals surface area contributed by atoms with E-state index in [2.05, 4.69) is 15.6 Å². The van der Waals surface area contributed by atoms with Crippen LogP contribution >= 0.6 is 11.6 Å². The van der Waals surface area contributed by atoms with Gasteiger partial charge in [-0.2, -0.15) is 0 Å². The number of carbonyl (C=O) groups is 2. The number of benzene rings is 1. The Balaban J connectivity index is 1.76. The minimum atomic E-state index is -0.378. The topological polar surface area (TPSA) is 71.1 Å². The molecule has 0 radical (unpaired) electrons. The van der Waals surface area contributed by atoms with Gasteiger partial charge < -0.3 is 10.6 Å². The van der Waals surface area contributed by atoms with Gasteiger partial charge >= 0.3 is 0 Å². The largest absolute Gasteiger partial charge is 0.348 e. The molecule has 0 atom stereocenters. The van der Waals surface area contributed by atoms with Crippen molar-refractivity contribution in [3.05, 3.63) is 58.4 Å². The fourth-order valence-electron chi connectivity index (χ4n) is 2.09. The van der Waals surface area contributed by atoms with E-state index >= 15 is 0 Å². The van der Waals surface area contributed by atoms with Gasteiger partial charge in [0.05, 0.1) is 0 Å².